The molecule has 0 unspecified atom stereocenters. The Balaban J connectivity index is 1.64. The summed E-state index contributed by atoms with van der Waals surface area (Å²) in [6.07, 6.45) is 5.08. The van der Waals surface area contributed by atoms with Gasteiger partial charge < -0.3 is 9.47 Å². The largest absolute Gasteiger partial charge is 0.453 e. The lowest BCUT2D eigenvalue weighted by Crippen LogP contribution is -2.20. The fraction of sp³-hybridized carbons (Fsp3) is 0. The third kappa shape index (κ3) is 2.05. The minimum atomic E-state index is 0.737. The van der Waals surface area contributed by atoms with Crippen molar-refractivity contribution in [3.63, 3.8) is 0 Å². The van der Waals surface area contributed by atoms with E-state index in [4.69, 9.17) is 9.47 Å². The van der Waals surface area contributed by atoms with Gasteiger partial charge in [-0.25, -0.2) is 0 Å². The summed E-state index contributed by atoms with van der Waals surface area (Å²) in [6, 6.07) is 20.0. The lowest BCUT2D eigenvalue weighted by atomic mass is 10.0. The molecule has 3 aromatic carbocycles. The molecule has 2 aliphatic rings. The zero-order valence-corrected chi connectivity index (χ0v) is 14.2. The molecule has 0 aliphatic carbocycles. The molecule has 0 atom stereocenters. The van der Waals surface area contributed by atoms with Gasteiger partial charge in [0, 0.05) is 18.0 Å². The Morgan fingerprint density at radius 3 is 1.93 bits per heavy atom. The Bertz CT molecular complexity index is 1120. The Labute approximate surface area is 155 Å². The standard InChI is InChI=1S/C22H13N3O2/c1-3-7-18-16(5-1)25-17-6-2-4-8-19(17)27-21-12-14(11-20(26-18)22(21)25)15-13-23-9-10-24-15/h1-13H. The molecule has 2 aliphatic heterocycles. The molecule has 0 saturated carbocycles. The van der Waals surface area contributed by atoms with Crippen molar-refractivity contribution >= 4 is 17.1 Å². The Morgan fingerprint density at radius 1 is 0.704 bits per heavy atom. The highest BCUT2D eigenvalue weighted by Gasteiger charge is 2.34. The summed E-state index contributed by atoms with van der Waals surface area (Å²) in [6.45, 7) is 0. The Morgan fingerprint density at radius 2 is 1.33 bits per heavy atom. The monoisotopic (exact) mass is 351 g/mol. The topological polar surface area (TPSA) is 47.5 Å². The quantitative estimate of drug-likeness (QED) is 0.373. The number of hydrogen-bond donors (Lipinski definition) is 0. The van der Waals surface area contributed by atoms with Crippen LogP contribution >= 0.6 is 0 Å². The maximum absolute atomic E-state index is 6.23. The van der Waals surface area contributed by atoms with E-state index in [9.17, 15) is 0 Å². The van der Waals surface area contributed by atoms with Crippen molar-refractivity contribution in [3.05, 3.63) is 79.3 Å². The number of hydrogen-bond acceptors (Lipinski definition) is 5. The number of fused-ring (bicyclic) bond motifs is 4. The van der Waals surface area contributed by atoms with E-state index in [-0.39, 0.29) is 0 Å². The molecule has 0 saturated heterocycles. The number of aromatic nitrogens is 2. The summed E-state index contributed by atoms with van der Waals surface area (Å²) in [7, 11) is 0. The predicted octanol–water partition coefficient (Wildman–Crippen LogP) is 5.82. The van der Waals surface area contributed by atoms with Gasteiger partial charge in [-0.2, -0.15) is 0 Å². The third-order valence-corrected chi connectivity index (χ3v) is 4.77. The molecular weight excluding hydrogens is 338 g/mol. The van der Waals surface area contributed by atoms with E-state index in [2.05, 4.69) is 27.0 Å². The van der Waals surface area contributed by atoms with Crippen LogP contribution in [0.5, 0.6) is 23.0 Å². The van der Waals surface area contributed by atoms with Crippen LogP contribution in [-0.4, -0.2) is 9.97 Å². The number of ether oxygens (including phenoxy) is 2. The highest BCUT2D eigenvalue weighted by Crippen LogP contribution is 2.60. The Hall–Kier alpha value is -3.86. The van der Waals surface area contributed by atoms with Crippen molar-refractivity contribution in [2.75, 3.05) is 4.90 Å². The van der Waals surface area contributed by atoms with Gasteiger partial charge in [-0.1, -0.05) is 24.3 Å². The summed E-state index contributed by atoms with van der Waals surface area (Å²) in [5, 5.41) is 0. The lowest BCUT2D eigenvalue weighted by molar-refractivity contribution is 0.446. The molecule has 5 heteroatoms. The molecule has 0 fully saturated rings. The van der Waals surface area contributed by atoms with Crippen LogP contribution in [-0.2, 0) is 0 Å². The molecule has 0 N–H and O–H groups in total. The molecule has 5 nitrogen and oxygen atoms in total. The molecule has 0 bridgehead atoms. The van der Waals surface area contributed by atoms with E-state index in [0.717, 1.165) is 51.3 Å². The van der Waals surface area contributed by atoms with Crippen molar-refractivity contribution < 1.29 is 9.47 Å². The van der Waals surface area contributed by atoms with Crippen molar-refractivity contribution in [2.24, 2.45) is 0 Å². The maximum atomic E-state index is 6.23. The normalized spacial score (nSPS) is 13.0. The van der Waals surface area contributed by atoms with E-state index in [0.29, 0.717) is 0 Å². The van der Waals surface area contributed by atoms with Crippen molar-refractivity contribution in [3.8, 4) is 34.3 Å². The number of para-hydroxylation sites is 4. The van der Waals surface area contributed by atoms with Crippen molar-refractivity contribution in [2.45, 2.75) is 0 Å². The first kappa shape index (κ1) is 14.3. The van der Waals surface area contributed by atoms with Crippen molar-refractivity contribution in [1.29, 1.82) is 0 Å². The fourth-order valence-electron chi connectivity index (χ4n) is 3.62. The van der Waals surface area contributed by atoms with Gasteiger partial charge in [0.25, 0.3) is 0 Å². The van der Waals surface area contributed by atoms with E-state index in [1.54, 1.807) is 18.6 Å². The van der Waals surface area contributed by atoms with Crippen LogP contribution in [0.1, 0.15) is 0 Å². The van der Waals surface area contributed by atoms with E-state index in [1.807, 2.05) is 48.5 Å². The van der Waals surface area contributed by atoms with Crippen LogP contribution in [0.4, 0.5) is 17.1 Å². The van der Waals surface area contributed by atoms with Crippen LogP contribution in [0.3, 0.4) is 0 Å². The molecule has 4 aromatic rings. The minimum Gasteiger partial charge on any atom is -0.453 e. The summed E-state index contributed by atoms with van der Waals surface area (Å²) >= 11 is 0. The highest BCUT2D eigenvalue weighted by molar-refractivity contribution is 5.94. The van der Waals surface area contributed by atoms with Gasteiger partial charge in [-0.3, -0.25) is 14.9 Å². The maximum Gasteiger partial charge on any atom is 0.156 e. The first-order valence-electron chi connectivity index (χ1n) is 8.67. The van der Waals surface area contributed by atoms with Crippen LogP contribution in [0.25, 0.3) is 11.3 Å². The summed E-state index contributed by atoms with van der Waals surface area (Å²) in [5.74, 6) is 3.09. The van der Waals surface area contributed by atoms with Crippen molar-refractivity contribution in [1.82, 2.24) is 9.97 Å². The van der Waals surface area contributed by atoms with Gasteiger partial charge in [0.2, 0.25) is 0 Å². The molecule has 128 valence electrons. The van der Waals surface area contributed by atoms with Gasteiger partial charge in [0.1, 0.15) is 5.69 Å². The second kappa shape index (κ2) is 5.32. The van der Waals surface area contributed by atoms with Gasteiger partial charge in [0.15, 0.2) is 23.0 Å². The first-order chi connectivity index (χ1) is 13.4. The average molecular weight is 351 g/mol. The summed E-state index contributed by atoms with van der Waals surface area (Å²) in [5.41, 5.74) is 4.56. The Kier molecular flexibility index (Phi) is 2.82. The van der Waals surface area contributed by atoms with Gasteiger partial charge >= 0.3 is 0 Å². The van der Waals surface area contributed by atoms with Gasteiger partial charge in [-0.05, 0) is 36.4 Å². The summed E-state index contributed by atoms with van der Waals surface area (Å²) in [4.78, 5) is 10.8. The molecule has 6 rings (SSSR count). The van der Waals surface area contributed by atoms with Crippen LogP contribution < -0.4 is 14.4 Å². The van der Waals surface area contributed by atoms with Crippen LogP contribution in [0.15, 0.2) is 79.3 Å². The first-order valence-corrected chi connectivity index (χ1v) is 8.67. The van der Waals surface area contributed by atoms with Gasteiger partial charge in [-0.15, -0.1) is 0 Å². The zero-order chi connectivity index (χ0) is 17.8. The third-order valence-electron chi connectivity index (χ3n) is 4.77. The molecular formula is C22H13N3O2. The van der Waals surface area contributed by atoms with Crippen LogP contribution in [0, 0.1) is 0 Å². The second-order valence-corrected chi connectivity index (χ2v) is 6.39. The average Bonchev–Trinajstić information content (AvgIpc) is 2.74. The molecule has 3 heterocycles. The molecule has 0 amide bonds. The molecule has 0 radical (unpaired) electrons. The number of nitrogens with zero attached hydrogens (tertiary/aromatic N) is 3. The predicted molar refractivity (Wildman–Crippen MR) is 102 cm³/mol. The highest BCUT2D eigenvalue weighted by atomic mass is 16.5. The molecule has 27 heavy (non-hydrogen) atoms. The smallest absolute Gasteiger partial charge is 0.156 e. The molecule has 0 spiro atoms. The number of rotatable bonds is 1. The lowest BCUT2D eigenvalue weighted by Gasteiger charge is -2.38. The van der Waals surface area contributed by atoms with E-state index < -0.39 is 0 Å². The minimum absolute atomic E-state index is 0.737. The molecule has 1 aromatic heterocycles. The summed E-state index contributed by atoms with van der Waals surface area (Å²) < 4.78 is 12.5. The number of anilines is 3. The fourth-order valence-corrected chi connectivity index (χ4v) is 3.62. The SMILES string of the molecule is c1ccc2c(c1)Oc1cc(-c3cnccn3)cc3c1N2c1ccccc1O3. The van der Waals surface area contributed by atoms with Crippen LogP contribution in [0.2, 0.25) is 0 Å². The van der Waals surface area contributed by atoms with E-state index >= 15 is 0 Å². The van der Waals surface area contributed by atoms with Gasteiger partial charge in [0.05, 0.1) is 23.3 Å². The number of benzene rings is 3. The van der Waals surface area contributed by atoms with E-state index in [1.165, 1.54) is 0 Å². The second-order valence-electron chi connectivity index (χ2n) is 6.39. The zero-order valence-electron chi connectivity index (χ0n) is 14.2.